The van der Waals surface area contributed by atoms with E-state index in [4.69, 9.17) is 0 Å². The lowest BCUT2D eigenvalue weighted by molar-refractivity contribution is 0.125. The van der Waals surface area contributed by atoms with Gasteiger partial charge in [-0.05, 0) is 43.8 Å². The SMILES string of the molecule is CN=C(NCc1nncn1C)NCC1CCCN(C)C1c1cccs1. The van der Waals surface area contributed by atoms with Crippen molar-refractivity contribution < 1.29 is 0 Å². The molecule has 0 saturated carbocycles. The number of guanidine groups is 1. The lowest BCUT2D eigenvalue weighted by Gasteiger charge is -2.39. The average Bonchev–Trinajstić information content (AvgIpc) is 3.27. The lowest BCUT2D eigenvalue weighted by Crippen LogP contribution is -2.44. The van der Waals surface area contributed by atoms with Crippen molar-refractivity contribution >= 4 is 17.3 Å². The number of nitrogens with zero attached hydrogens (tertiary/aromatic N) is 5. The van der Waals surface area contributed by atoms with E-state index in [9.17, 15) is 0 Å². The number of hydrogen-bond acceptors (Lipinski definition) is 5. The molecule has 25 heavy (non-hydrogen) atoms. The second kappa shape index (κ2) is 8.44. The molecule has 0 amide bonds. The molecule has 136 valence electrons. The summed E-state index contributed by atoms with van der Waals surface area (Å²) in [6.45, 7) is 2.68. The van der Waals surface area contributed by atoms with E-state index in [1.54, 1.807) is 13.4 Å². The molecule has 1 saturated heterocycles. The number of hydrogen-bond donors (Lipinski definition) is 2. The van der Waals surface area contributed by atoms with Gasteiger partial charge in [-0.25, -0.2) is 0 Å². The van der Waals surface area contributed by atoms with Crippen LogP contribution >= 0.6 is 11.3 Å². The third kappa shape index (κ3) is 4.38. The minimum atomic E-state index is 0.484. The van der Waals surface area contributed by atoms with Crippen molar-refractivity contribution in [2.45, 2.75) is 25.4 Å². The number of aryl methyl sites for hydroxylation is 1. The van der Waals surface area contributed by atoms with E-state index in [0.717, 1.165) is 24.9 Å². The van der Waals surface area contributed by atoms with Crippen LogP contribution in [0, 0.1) is 5.92 Å². The number of aliphatic imine (C=N–C) groups is 1. The highest BCUT2D eigenvalue weighted by Crippen LogP contribution is 2.36. The van der Waals surface area contributed by atoms with E-state index in [1.807, 2.05) is 23.0 Å². The molecule has 2 unspecified atom stereocenters. The molecule has 1 fully saturated rings. The van der Waals surface area contributed by atoms with E-state index in [0.29, 0.717) is 18.5 Å². The van der Waals surface area contributed by atoms with Crippen molar-refractivity contribution in [3.8, 4) is 0 Å². The van der Waals surface area contributed by atoms with Crippen LogP contribution in [0.25, 0.3) is 0 Å². The van der Waals surface area contributed by atoms with Crippen LogP contribution in [0.3, 0.4) is 0 Å². The molecule has 2 aromatic heterocycles. The minimum Gasteiger partial charge on any atom is -0.356 e. The van der Waals surface area contributed by atoms with E-state index < -0.39 is 0 Å². The molecule has 1 aliphatic rings. The smallest absolute Gasteiger partial charge is 0.191 e. The largest absolute Gasteiger partial charge is 0.356 e. The Hall–Kier alpha value is -1.93. The Labute approximate surface area is 153 Å². The second-order valence-electron chi connectivity index (χ2n) is 6.51. The summed E-state index contributed by atoms with van der Waals surface area (Å²) in [6, 6.07) is 4.89. The molecular weight excluding hydrogens is 334 g/mol. The van der Waals surface area contributed by atoms with Crippen molar-refractivity contribution in [1.29, 1.82) is 0 Å². The molecule has 2 atom stereocenters. The van der Waals surface area contributed by atoms with Gasteiger partial charge >= 0.3 is 0 Å². The van der Waals surface area contributed by atoms with Gasteiger partial charge in [0.15, 0.2) is 11.8 Å². The number of thiophene rings is 1. The van der Waals surface area contributed by atoms with Crippen LogP contribution in [0.2, 0.25) is 0 Å². The molecular formula is C17H27N7S. The highest BCUT2D eigenvalue weighted by molar-refractivity contribution is 7.10. The number of rotatable bonds is 5. The van der Waals surface area contributed by atoms with Gasteiger partial charge in [0, 0.05) is 31.6 Å². The van der Waals surface area contributed by atoms with Gasteiger partial charge in [-0.2, -0.15) is 0 Å². The first-order chi connectivity index (χ1) is 12.2. The Balaban J connectivity index is 1.57. The van der Waals surface area contributed by atoms with Crippen molar-refractivity contribution in [2.75, 3.05) is 27.2 Å². The molecule has 0 aliphatic carbocycles. The molecule has 1 aliphatic heterocycles. The van der Waals surface area contributed by atoms with Gasteiger partial charge in [0.2, 0.25) is 0 Å². The van der Waals surface area contributed by atoms with Crippen molar-refractivity contribution in [3.63, 3.8) is 0 Å². The van der Waals surface area contributed by atoms with Crippen LogP contribution < -0.4 is 10.6 Å². The highest BCUT2D eigenvalue weighted by atomic mass is 32.1. The Morgan fingerprint density at radius 1 is 1.40 bits per heavy atom. The Morgan fingerprint density at radius 2 is 2.28 bits per heavy atom. The van der Waals surface area contributed by atoms with Crippen molar-refractivity contribution in [1.82, 2.24) is 30.3 Å². The van der Waals surface area contributed by atoms with Crippen LogP contribution in [0.4, 0.5) is 0 Å². The third-order valence-electron chi connectivity index (χ3n) is 4.82. The van der Waals surface area contributed by atoms with Crippen LogP contribution in [0.15, 0.2) is 28.8 Å². The zero-order chi connectivity index (χ0) is 17.6. The predicted octanol–water partition coefficient (Wildman–Crippen LogP) is 1.62. The van der Waals surface area contributed by atoms with Crippen LogP contribution in [0.5, 0.6) is 0 Å². The summed E-state index contributed by atoms with van der Waals surface area (Å²) in [7, 11) is 5.98. The maximum atomic E-state index is 4.33. The van der Waals surface area contributed by atoms with Crippen LogP contribution in [-0.4, -0.2) is 52.8 Å². The molecule has 7 nitrogen and oxygen atoms in total. The highest BCUT2D eigenvalue weighted by Gasteiger charge is 2.31. The fraction of sp³-hybridized carbons (Fsp3) is 0.588. The monoisotopic (exact) mass is 361 g/mol. The molecule has 0 radical (unpaired) electrons. The molecule has 3 rings (SSSR count). The topological polar surface area (TPSA) is 70.4 Å². The van der Waals surface area contributed by atoms with Crippen LogP contribution in [-0.2, 0) is 13.6 Å². The third-order valence-corrected chi connectivity index (χ3v) is 5.76. The second-order valence-corrected chi connectivity index (χ2v) is 7.49. The van der Waals surface area contributed by atoms with Gasteiger partial charge in [0.25, 0.3) is 0 Å². The quantitative estimate of drug-likeness (QED) is 0.626. The summed E-state index contributed by atoms with van der Waals surface area (Å²) in [5, 5.41) is 17.0. The summed E-state index contributed by atoms with van der Waals surface area (Å²) in [5.41, 5.74) is 0. The van der Waals surface area contributed by atoms with E-state index >= 15 is 0 Å². The summed E-state index contributed by atoms with van der Waals surface area (Å²) in [6.07, 6.45) is 4.19. The normalized spacial score (nSPS) is 22.1. The molecule has 3 heterocycles. The zero-order valence-electron chi connectivity index (χ0n) is 15.1. The van der Waals surface area contributed by atoms with Crippen molar-refractivity contribution in [2.24, 2.45) is 18.0 Å². The van der Waals surface area contributed by atoms with E-state index in [-0.39, 0.29) is 0 Å². The van der Waals surface area contributed by atoms with Gasteiger partial charge in [0.05, 0.1) is 6.54 Å². The Morgan fingerprint density at radius 3 is 2.96 bits per heavy atom. The standard InChI is InChI=1S/C17H27N7S/c1-18-17(20-11-15-22-21-12-24(15)3)19-10-13-6-4-8-23(2)16(13)14-7-5-9-25-14/h5,7,9,12-13,16H,4,6,8,10-11H2,1-3H3,(H2,18,19,20). The Kier molecular flexibility index (Phi) is 6.04. The summed E-state index contributed by atoms with van der Waals surface area (Å²) >= 11 is 1.85. The number of nitrogens with one attached hydrogen (secondary N) is 2. The predicted molar refractivity (Wildman–Crippen MR) is 102 cm³/mol. The van der Waals surface area contributed by atoms with Crippen LogP contribution in [0.1, 0.15) is 29.6 Å². The zero-order valence-corrected chi connectivity index (χ0v) is 16.0. The first-order valence-electron chi connectivity index (χ1n) is 8.70. The lowest BCUT2D eigenvalue weighted by atomic mass is 9.88. The fourth-order valence-electron chi connectivity index (χ4n) is 3.46. The number of piperidine rings is 1. The molecule has 8 heteroatoms. The van der Waals surface area contributed by atoms with E-state index in [1.165, 1.54) is 17.7 Å². The molecule has 0 aromatic carbocycles. The van der Waals surface area contributed by atoms with Gasteiger partial charge in [-0.1, -0.05) is 6.07 Å². The van der Waals surface area contributed by atoms with Gasteiger partial charge in [0.1, 0.15) is 6.33 Å². The average molecular weight is 362 g/mol. The van der Waals surface area contributed by atoms with Crippen molar-refractivity contribution in [3.05, 3.63) is 34.5 Å². The number of aromatic nitrogens is 3. The van der Waals surface area contributed by atoms with E-state index in [2.05, 4.69) is 55.3 Å². The fourth-order valence-corrected chi connectivity index (χ4v) is 4.44. The van der Waals surface area contributed by atoms with Gasteiger partial charge in [-0.15, -0.1) is 21.5 Å². The summed E-state index contributed by atoms with van der Waals surface area (Å²) < 4.78 is 1.91. The van der Waals surface area contributed by atoms with Gasteiger partial charge < -0.3 is 15.2 Å². The maximum Gasteiger partial charge on any atom is 0.191 e. The summed E-state index contributed by atoms with van der Waals surface area (Å²) in [4.78, 5) is 8.27. The molecule has 2 aromatic rings. The number of likely N-dealkylation sites (tertiary alicyclic amines) is 1. The Bertz CT molecular complexity index is 679. The summed E-state index contributed by atoms with van der Waals surface area (Å²) in [5.74, 6) is 2.27. The molecule has 0 bridgehead atoms. The molecule has 0 spiro atoms. The first-order valence-corrected chi connectivity index (χ1v) is 9.58. The van der Waals surface area contributed by atoms with Gasteiger partial charge in [-0.3, -0.25) is 9.89 Å². The first kappa shape index (κ1) is 17.9. The molecule has 2 N–H and O–H groups in total. The minimum absolute atomic E-state index is 0.484. The maximum absolute atomic E-state index is 4.33.